The molecule has 132 valence electrons. The number of halogens is 1. The van der Waals surface area contributed by atoms with E-state index in [-0.39, 0.29) is 29.8 Å². The minimum Gasteiger partial charge on any atom is -0.334 e. The zero-order valence-corrected chi connectivity index (χ0v) is 15.3. The Morgan fingerprint density at radius 3 is 2.62 bits per heavy atom. The molecule has 0 aliphatic carbocycles. The quantitative estimate of drug-likeness (QED) is 0.874. The number of nitrogens with zero attached hydrogens (tertiary/aromatic N) is 1. The predicted molar refractivity (Wildman–Crippen MR) is 97.2 cm³/mol. The molecule has 2 unspecified atom stereocenters. The number of nitrogens with two attached hydrogens (primary N) is 1. The topological polar surface area (TPSA) is 75.4 Å². The molecular formula is C18H26ClN3O2. The predicted octanol–water partition coefficient (Wildman–Crippen LogP) is 3.28. The van der Waals surface area contributed by atoms with Gasteiger partial charge in [-0.25, -0.2) is 0 Å². The molecular weight excluding hydrogens is 326 g/mol. The molecule has 0 aromatic heterocycles. The molecule has 1 saturated heterocycles. The highest BCUT2D eigenvalue weighted by Crippen LogP contribution is 2.27. The number of anilines is 1. The SMILES string of the molecule is CC(C)C(=O)Nc1ccc(Cl)c(C(=O)N2CCCCC2C(C)N)c1. The fourth-order valence-electron chi connectivity index (χ4n) is 2.96. The summed E-state index contributed by atoms with van der Waals surface area (Å²) in [6.07, 6.45) is 2.95. The molecule has 0 saturated carbocycles. The van der Waals surface area contributed by atoms with Crippen LogP contribution in [0.2, 0.25) is 5.02 Å². The molecule has 1 fully saturated rings. The van der Waals surface area contributed by atoms with E-state index >= 15 is 0 Å². The maximum Gasteiger partial charge on any atom is 0.255 e. The van der Waals surface area contributed by atoms with E-state index in [1.807, 2.05) is 25.7 Å². The minimum absolute atomic E-state index is 0.0243. The van der Waals surface area contributed by atoms with Crippen LogP contribution in [-0.2, 0) is 4.79 Å². The summed E-state index contributed by atoms with van der Waals surface area (Å²) in [6, 6.07) is 4.94. The number of rotatable bonds is 4. The third kappa shape index (κ3) is 4.28. The van der Waals surface area contributed by atoms with Gasteiger partial charge in [-0.3, -0.25) is 9.59 Å². The van der Waals surface area contributed by atoms with Crippen molar-refractivity contribution >= 4 is 29.1 Å². The van der Waals surface area contributed by atoms with Crippen molar-refractivity contribution in [3.8, 4) is 0 Å². The van der Waals surface area contributed by atoms with Crippen LogP contribution in [0.25, 0.3) is 0 Å². The average molecular weight is 352 g/mol. The van der Waals surface area contributed by atoms with Gasteiger partial charge in [0, 0.05) is 30.2 Å². The summed E-state index contributed by atoms with van der Waals surface area (Å²) in [4.78, 5) is 26.7. The molecule has 1 heterocycles. The second-order valence-electron chi connectivity index (χ2n) is 6.76. The van der Waals surface area contributed by atoms with Gasteiger partial charge in [-0.05, 0) is 44.4 Å². The van der Waals surface area contributed by atoms with Crippen LogP contribution in [0.4, 0.5) is 5.69 Å². The highest BCUT2D eigenvalue weighted by Gasteiger charge is 2.30. The molecule has 5 nitrogen and oxygen atoms in total. The Balaban J connectivity index is 2.26. The van der Waals surface area contributed by atoms with Crippen LogP contribution in [-0.4, -0.2) is 35.3 Å². The number of hydrogen-bond donors (Lipinski definition) is 2. The van der Waals surface area contributed by atoms with E-state index < -0.39 is 0 Å². The van der Waals surface area contributed by atoms with Crippen LogP contribution < -0.4 is 11.1 Å². The number of nitrogens with one attached hydrogen (secondary N) is 1. The van der Waals surface area contributed by atoms with Gasteiger partial charge < -0.3 is 16.0 Å². The average Bonchev–Trinajstić information content (AvgIpc) is 2.55. The van der Waals surface area contributed by atoms with E-state index in [2.05, 4.69) is 5.32 Å². The molecule has 0 radical (unpaired) electrons. The summed E-state index contributed by atoms with van der Waals surface area (Å²) in [6.45, 7) is 6.25. The van der Waals surface area contributed by atoms with Crippen LogP contribution in [0.3, 0.4) is 0 Å². The molecule has 24 heavy (non-hydrogen) atoms. The Morgan fingerprint density at radius 1 is 1.29 bits per heavy atom. The monoisotopic (exact) mass is 351 g/mol. The standard InChI is InChI=1S/C18H26ClN3O2/c1-11(2)17(23)21-13-7-8-15(19)14(10-13)18(24)22-9-5-4-6-16(22)12(3)20/h7-8,10-12,16H,4-6,9,20H2,1-3H3,(H,21,23). The first-order valence-electron chi connectivity index (χ1n) is 8.48. The second-order valence-corrected chi connectivity index (χ2v) is 7.17. The number of hydrogen-bond acceptors (Lipinski definition) is 3. The summed E-state index contributed by atoms with van der Waals surface area (Å²) < 4.78 is 0. The summed E-state index contributed by atoms with van der Waals surface area (Å²) in [5, 5.41) is 3.19. The lowest BCUT2D eigenvalue weighted by Gasteiger charge is -2.38. The largest absolute Gasteiger partial charge is 0.334 e. The first kappa shape index (κ1) is 18.7. The van der Waals surface area contributed by atoms with E-state index in [1.165, 1.54) is 0 Å². The van der Waals surface area contributed by atoms with E-state index in [1.54, 1.807) is 18.2 Å². The van der Waals surface area contributed by atoms with Crippen molar-refractivity contribution in [3.63, 3.8) is 0 Å². The van der Waals surface area contributed by atoms with Crippen molar-refractivity contribution in [2.24, 2.45) is 11.7 Å². The third-order valence-corrected chi connectivity index (χ3v) is 4.74. The number of benzene rings is 1. The maximum absolute atomic E-state index is 13.0. The van der Waals surface area contributed by atoms with Crippen LogP contribution >= 0.6 is 11.6 Å². The Hall–Kier alpha value is -1.59. The number of carbonyl (C=O) groups excluding carboxylic acids is 2. The Morgan fingerprint density at radius 2 is 2.00 bits per heavy atom. The number of likely N-dealkylation sites (tertiary alicyclic amines) is 1. The Kier molecular flexibility index (Phi) is 6.24. The van der Waals surface area contributed by atoms with E-state index in [4.69, 9.17) is 17.3 Å². The first-order chi connectivity index (χ1) is 11.3. The van der Waals surface area contributed by atoms with Gasteiger partial charge in [0.2, 0.25) is 5.91 Å². The lowest BCUT2D eigenvalue weighted by Crippen LogP contribution is -2.51. The highest BCUT2D eigenvalue weighted by molar-refractivity contribution is 6.34. The van der Waals surface area contributed by atoms with Crippen LogP contribution in [0, 0.1) is 5.92 Å². The smallest absolute Gasteiger partial charge is 0.255 e. The van der Waals surface area contributed by atoms with E-state index in [0.29, 0.717) is 22.8 Å². The van der Waals surface area contributed by atoms with Gasteiger partial charge in [-0.15, -0.1) is 0 Å². The zero-order chi connectivity index (χ0) is 17.9. The van der Waals surface area contributed by atoms with Crippen molar-refractivity contribution in [1.82, 2.24) is 4.90 Å². The third-order valence-electron chi connectivity index (χ3n) is 4.41. The molecule has 0 spiro atoms. The molecule has 1 aliphatic rings. The van der Waals surface area contributed by atoms with Crippen LogP contribution in [0.1, 0.15) is 50.4 Å². The second kappa shape index (κ2) is 7.99. The fraction of sp³-hybridized carbons (Fsp3) is 0.556. The minimum atomic E-state index is -0.135. The first-order valence-corrected chi connectivity index (χ1v) is 8.86. The molecule has 2 rings (SSSR count). The molecule has 0 bridgehead atoms. The molecule has 1 aromatic rings. The van der Waals surface area contributed by atoms with Gasteiger partial charge in [0.15, 0.2) is 0 Å². The van der Waals surface area contributed by atoms with Gasteiger partial charge in [-0.1, -0.05) is 25.4 Å². The molecule has 2 amide bonds. The highest BCUT2D eigenvalue weighted by atomic mass is 35.5. The van der Waals surface area contributed by atoms with Crippen molar-refractivity contribution in [1.29, 1.82) is 0 Å². The van der Waals surface area contributed by atoms with Gasteiger partial charge in [0.1, 0.15) is 0 Å². The molecule has 1 aromatic carbocycles. The zero-order valence-electron chi connectivity index (χ0n) is 14.5. The molecule has 3 N–H and O–H groups in total. The van der Waals surface area contributed by atoms with Gasteiger partial charge >= 0.3 is 0 Å². The molecule has 6 heteroatoms. The van der Waals surface area contributed by atoms with Crippen molar-refractivity contribution in [2.45, 2.75) is 52.1 Å². The maximum atomic E-state index is 13.0. The van der Waals surface area contributed by atoms with Crippen molar-refractivity contribution in [2.75, 3.05) is 11.9 Å². The summed E-state index contributed by atoms with van der Waals surface area (Å²) in [5.41, 5.74) is 7.04. The van der Waals surface area contributed by atoms with E-state index in [9.17, 15) is 9.59 Å². The summed E-state index contributed by atoms with van der Waals surface area (Å²) >= 11 is 6.25. The Bertz CT molecular complexity index is 616. The molecule has 2 atom stereocenters. The summed E-state index contributed by atoms with van der Waals surface area (Å²) in [5.74, 6) is -0.353. The van der Waals surface area contributed by atoms with Gasteiger partial charge in [0.25, 0.3) is 5.91 Å². The number of piperidine rings is 1. The summed E-state index contributed by atoms with van der Waals surface area (Å²) in [7, 11) is 0. The lowest BCUT2D eigenvalue weighted by atomic mass is 9.96. The molecule has 1 aliphatic heterocycles. The van der Waals surface area contributed by atoms with Crippen LogP contribution in [0.5, 0.6) is 0 Å². The van der Waals surface area contributed by atoms with Crippen molar-refractivity contribution < 1.29 is 9.59 Å². The van der Waals surface area contributed by atoms with Gasteiger partial charge in [-0.2, -0.15) is 0 Å². The van der Waals surface area contributed by atoms with Gasteiger partial charge in [0.05, 0.1) is 10.6 Å². The van der Waals surface area contributed by atoms with Crippen molar-refractivity contribution in [3.05, 3.63) is 28.8 Å². The fourth-order valence-corrected chi connectivity index (χ4v) is 3.16. The number of amides is 2. The van der Waals surface area contributed by atoms with E-state index in [0.717, 1.165) is 19.3 Å². The number of carbonyl (C=O) groups is 2. The van der Waals surface area contributed by atoms with Crippen LogP contribution in [0.15, 0.2) is 18.2 Å². The Labute approximate surface area is 148 Å². The lowest BCUT2D eigenvalue weighted by molar-refractivity contribution is -0.118. The normalized spacial score (nSPS) is 19.2.